The lowest BCUT2D eigenvalue weighted by atomic mass is 9.98. The topological polar surface area (TPSA) is 12.0 Å². The van der Waals surface area contributed by atoms with Crippen LogP contribution in [0.4, 0.5) is 4.39 Å². The molecule has 0 radical (unpaired) electrons. The molecule has 1 N–H and O–H groups in total. The first kappa shape index (κ1) is 15.7. The van der Waals surface area contributed by atoms with Crippen molar-refractivity contribution in [2.75, 3.05) is 6.54 Å². The number of rotatable bonds is 5. The molecule has 2 aromatic rings. The molecule has 1 unspecified atom stereocenters. The van der Waals surface area contributed by atoms with Crippen molar-refractivity contribution < 1.29 is 4.39 Å². The Balaban J connectivity index is 2.33. The molecular weight excluding hydrogens is 388 g/mol. The van der Waals surface area contributed by atoms with Crippen LogP contribution in [-0.2, 0) is 6.42 Å². The smallest absolute Gasteiger partial charge is 0.127 e. The second-order valence-electron chi connectivity index (χ2n) is 4.54. The van der Waals surface area contributed by atoms with Gasteiger partial charge in [0.2, 0.25) is 0 Å². The van der Waals surface area contributed by atoms with E-state index in [0.717, 1.165) is 6.54 Å². The van der Waals surface area contributed by atoms with Gasteiger partial charge in [-0.05, 0) is 59.3 Å². The molecule has 0 aliphatic carbocycles. The van der Waals surface area contributed by atoms with E-state index in [1.54, 1.807) is 12.1 Å². The van der Waals surface area contributed by atoms with E-state index in [2.05, 4.69) is 40.0 Å². The molecule has 0 aliphatic rings. The molecule has 2 aromatic carbocycles. The Bertz CT molecular complexity index is 568. The summed E-state index contributed by atoms with van der Waals surface area (Å²) in [6.45, 7) is 2.87. The van der Waals surface area contributed by atoms with Crippen molar-refractivity contribution in [3.05, 3.63) is 68.0 Å². The Morgan fingerprint density at radius 1 is 1.20 bits per heavy atom. The van der Waals surface area contributed by atoms with Crippen molar-refractivity contribution in [1.82, 2.24) is 5.32 Å². The predicted octanol–water partition coefficient (Wildman–Crippen LogP) is 4.98. The van der Waals surface area contributed by atoms with E-state index >= 15 is 0 Å². The highest BCUT2D eigenvalue weighted by atomic mass is 127. The van der Waals surface area contributed by atoms with Crippen LogP contribution in [0.1, 0.15) is 24.1 Å². The summed E-state index contributed by atoms with van der Waals surface area (Å²) in [6, 6.07) is 13.0. The minimum absolute atomic E-state index is 0.0579. The number of hydrogen-bond acceptors (Lipinski definition) is 1. The van der Waals surface area contributed by atoms with Crippen molar-refractivity contribution in [3.63, 3.8) is 0 Å². The maximum absolute atomic E-state index is 14.0. The second-order valence-corrected chi connectivity index (χ2v) is 6.11. The minimum Gasteiger partial charge on any atom is -0.310 e. The average Bonchev–Trinajstić information content (AvgIpc) is 2.43. The highest BCUT2D eigenvalue weighted by Crippen LogP contribution is 2.28. The van der Waals surface area contributed by atoms with Gasteiger partial charge in [-0.2, -0.15) is 0 Å². The van der Waals surface area contributed by atoms with E-state index in [9.17, 15) is 4.39 Å². The van der Waals surface area contributed by atoms with E-state index in [1.165, 1.54) is 15.2 Å². The maximum Gasteiger partial charge on any atom is 0.127 e. The third-order valence-electron chi connectivity index (χ3n) is 3.20. The Labute approximate surface area is 137 Å². The van der Waals surface area contributed by atoms with E-state index < -0.39 is 0 Å². The number of benzene rings is 2. The molecule has 0 saturated heterocycles. The molecule has 1 nitrogen and oxygen atoms in total. The summed E-state index contributed by atoms with van der Waals surface area (Å²) in [4.78, 5) is 0. The summed E-state index contributed by atoms with van der Waals surface area (Å²) >= 11 is 8.44. The highest BCUT2D eigenvalue weighted by Gasteiger charge is 2.17. The van der Waals surface area contributed by atoms with E-state index in [-0.39, 0.29) is 11.9 Å². The molecule has 0 aromatic heterocycles. The van der Waals surface area contributed by atoms with Crippen LogP contribution in [0.3, 0.4) is 0 Å². The lowest BCUT2D eigenvalue weighted by molar-refractivity contribution is 0.526. The summed E-state index contributed by atoms with van der Waals surface area (Å²) in [6.07, 6.45) is 0.541. The van der Waals surface area contributed by atoms with Gasteiger partial charge in [-0.1, -0.05) is 42.8 Å². The van der Waals surface area contributed by atoms with Gasteiger partial charge in [0.05, 0.1) is 0 Å². The van der Waals surface area contributed by atoms with Crippen molar-refractivity contribution in [2.24, 2.45) is 0 Å². The fourth-order valence-corrected chi connectivity index (χ4v) is 3.23. The van der Waals surface area contributed by atoms with Crippen LogP contribution >= 0.6 is 34.2 Å². The molecule has 4 heteroatoms. The zero-order chi connectivity index (χ0) is 14.5. The van der Waals surface area contributed by atoms with E-state index in [4.69, 9.17) is 11.6 Å². The SMILES string of the molecule is CCNC(Cc1c(F)cccc1Cl)c1ccccc1I. The Hall–Kier alpha value is -0.650. The standard InChI is InChI=1S/C16H16ClFIN/c1-2-20-16(11-6-3-4-9-15(11)19)10-12-13(17)7-5-8-14(12)18/h3-9,16,20H,2,10H2,1H3. The molecule has 2 rings (SSSR count). The summed E-state index contributed by atoms with van der Waals surface area (Å²) in [5, 5.41) is 3.90. The largest absolute Gasteiger partial charge is 0.310 e. The lowest BCUT2D eigenvalue weighted by Gasteiger charge is -2.20. The zero-order valence-corrected chi connectivity index (χ0v) is 14.1. The lowest BCUT2D eigenvalue weighted by Crippen LogP contribution is -2.24. The minimum atomic E-state index is -0.244. The van der Waals surface area contributed by atoms with Gasteiger partial charge < -0.3 is 5.32 Å². The van der Waals surface area contributed by atoms with Gasteiger partial charge in [-0.15, -0.1) is 0 Å². The first-order valence-corrected chi connectivity index (χ1v) is 7.99. The molecule has 1 atom stereocenters. The monoisotopic (exact) mass is 403 g/mol. The van der Waals surface area contributed by atoms with Crippen molar-refractivity contribution in [2.45, 2.75) is 19.4 Å². The summed E-state index contributed by atoms with van der Waals surface area (Å²) in [7, 11) is 0. The quantitative estimate of drug-likeness (QED) is 0.695. The normalized spacial score (nSPS) is 12.4. The number of hydrogen-bond donors (Lipinski definition) is 1. The van der Waals surface area contributed by atoms with Gasteiger partial charge in [0.15, 0.2) is 0 Å². The van der Waals surface area contributed by atoms with Gasteiger partial charge in [-0.25, -0.2) is 4.39 Å². The van der Waals surface area contributed by atoms with Gasteiger partial charge >= 0.3 is 0 Å². The molecule has 0 heterocycles. The molecule has 0 spiro atoms. The number of nitrogens with one attached hydrogen (secondary N) is 1. The second kappa shape index (κ2) is 7.38. The molecule has 0 bridgehead atoms. The summed E-state index contributed by atoms with van der Waals surface area (Å²) < 4.78 is 15.1. The van der Waals surface area contributed by atoms with Crippen molar-refractivity contribution in [3.8, 4) is 0 Å². The molecular formula is C16H16ClFIN. The van der Waals surface area contributed by atoms with Gasteiger partial charge in [0.25, 0.3) is 0 Å². The first-order valence-electron chi connectivity index (χ1n) is 6.54. The van der Waals surface area contributed by atoms with Crippen LogP contribution in [0, 0.1) is 9.39 Å². The van der Waals surface area contributed by atoms with Crippen LogP contribution < -0.4 is 5.32 Å². The Morgan fingerprint density at radius 3 is 2.60 bits per heavy atom. The van der Waals surface area contributed by atoms with Crippen LogP contribution in [-0.4, -0.2) is 6.54 Å². The molecule has 20 heavy (non-hydrogen) atoms. The van der Waals surface area contributed by atoms with Gasteiger partial charge in [-0.3, -0.25) is 0 Å². The van der Waals surface area contributed by atoms with Crippen LogP contribution in [0.2, 0.25) is 5.02 Å². The van der Waals surface area contributed by atoms with Crippen molar-refractivity contribution >= 4 is 34.2 Å². The van der Waals surface area contributed by atoms with Crippen LogP contribution in [0.15, 0.2) is 42.5 Å². The number of halogens is 3. The number of likely N-dealkylation sites (N-methyl/N-ethyl adjacent to an activating group) is 1. The average molecular weight is 404 g/mol. The van der Waals surface area contributed by atoms with E-state index in [1.807, 2.05) is 19.1 Å². The Kier molecular flexibility index (Phi) is 5.81. The molecule has 0 fully saturated rings. The maximum atomic E-state index is 14.0. The van der Waals surface area contributed by atoms with Crippen LogP contribution in [0.5, 0.6) is 0 Å². The fourth-order valence-electron chi connectivity index (χ4n) is 2.23. The van der Waals surface area contributed by atoms with Crippen molar-refractivity contribution in [1.29, 1.82) is 0 Å². The van der Waals surface area contributed by atoms with E-state index in [0.29, 0.717) is 17.0 Å². The molecule has 0 aliphatic heterocycles. The third-order valence-corrected chi connectivity index (χ3v) is 4.54. The Morgan fingerprint density at radius 2 is 1.95 bits per heavy atom. The fraction of sp³-hybridized carbons (Fsp3) is 0.250. The van der Waals surface area contributed by atoms with Gasteiger partial charge in [0, 0.05) is 20.2 Å². The molecule has 0 saturated carbocycles. The third kappa shape index (κ3) is 3.71. The van der Waals surface area contributed by atoms with Gasteiger partial charge in [0.1, 0.15) is 5.82 Å². The summed E-state index contributed by atoms with van der Waals surface area (Å²) in [5.74, 6) is -0.244. The van der Waals surface area contributed by atoms with Crippen LogP contribution in [0.25, 0.3) is 0 Å². The summed E-state index contributed by atoms with van der Waals surface area (Å²) in [5.41, 5.74) is 1.74. The molecule has 0 amide bonds. The predicted molar refractivity (Wildman–Crippen MR) is 90.7 cm³/mol. The molecule has 106 valence electrons. The zero-order valence-electron chi connectivity index (χ0n) is 11.2. The highest BCUT2D eigenvalue weighted by molar-refractivity contribution is 14.1. The first-order chi connectivity index (χ1) is 9.63.